The first-order valence-corrected chi connectivity index (χ1v) is 7.68. The molecule has 0 fully saturated rings. The second-order valence-electron chi connectivity index (χ2n) is 5.64. The van der Waals surface area contributed by atoms with E-state index in [1.165, 1.54) is 0 Å². The fourth-order valence-corrected chi connectivity index (χ4v) is 3.19. The second-order valence-corrected chi connectivity index (χ2v) is 6.50. The minimum Gasteiger partial charge on any atom is -0.496 e. The topological polar surface area (TPSA) is 48.1 Å². The van der Waals surface area contributed by atoms with Crippen LogP contribution in [0.1, 0.15) is 43.0 Å². The summed E-state index contributed by atoms with van der Waals surface area (Å²) in [4.78, 5) is 4.69. The Hall–Kier alpha value is -1.39. The van der Waals surface area contributed by atoms with Crippen LogP contribution in [-0.2, 0) is 12.0 Å². The number of hydrogen-bond donors (Lipinski definition) is 1. The van der Waals surface area contributed by atoms with Crippen LogP contribution in [0.2, 0.25) is 0 Å². The Morgan fingerprint density at radius 3 is 2.65 bits per heavy atom. The van der Waals surface area contributed by atoms with E-state index in [2.05, 4.69) is 30.3 Å². The number of rotatable bonds is 5. The summed E-state index contributed by atoms with van der Waals surface area (Å²) in [6.07, 6.45) is 0.710. The molecule has 0 aliphatic rings. The lowest BCUT2D eigenvalue weighted by Crippen LogP contribution is -2.35. The summed E-state index contributed by atoms with van der Waals surface area (Å²) in [5.74, 6) is 1.31. The molecule has 2 aromatic rings. The van der Waals surface area contributed by atoms with Crippen molar-refractivity contribution in [2.45, 2.75) is 38.6 Å². The molecule has 20 heavy (non-hydrogen) atoms. The SMILES string of the molecule is COc1ccccc1CC(C)(N)c1nc(C(C)C)cs1. The third kappa shape index (κ3) is 3.19. The van der Waals surface area contributed by atoms with Gasteiger partial charge < -0.3 is 10.5 Å². The maximum absolute atomic E-state index is 6.50. The highest BCUT2D eigenvalue weighted by molar-refractivity contribution is 7.09. The average Bonchev–Trinajstić information content (AvgIpc) is 2.89. The largest absolute Gasteiger partial charge is 0.496 e. The number of nitrogens with two attached hydrogens (primary N) is 1. The third-order valence-corrected chi connectivity index (χ3v) is 4.49. The number of methoxy groups -OCH3 is 1. The third-order valence-electron chi connectivity index (χ3n) is 3.35. The molecule has 0 aliphatic heterocycles. The van der Waals surface area contributed by atoms with Crippen molar-refractivity contribution in [3.8, 4) is 5.75 Å². The highest BCUT2D eigenvalue weighted by Crippen LogP contribution is 2.30. The first-order valence-electron chi connectivity index (χ1n) is 6.80. The van der Waals surface area contributed by atoms with E-state index in [0.29, 0.717) is 12.3 Å². The highest BCUT2D eigenvalue weighted by atomic mass is 32.1. The van der Waals surface area contributed by atoms with Gasteiger partial charge in [0.05, 0.1) is 18.3 Å². The summed E-state index contributed by atoms with van der Waals surface area (Å²) in [7, 11) is 1.69. The van der Waals surface area contributed by atoms with Gasteiger partial charge >= 0.3 is 0 Å². The van der Waals surface area contributed by atoms with Crippen LogP contribution in [0.4, 0.5) is 0 Å². The summed E-state index contributed by atoms with van der Waals surface area (Å²) in [5.41, 5.74) is 8.24. The van der Waals surface area contributed by atoms with Gasteiger partial charge in [0, 0.05) is 11.8 Å². The van der Waals surface area contributed by atoms with Crippen molar-refractivity contribution in [3.63, 3.8) is 0 Å². The van der Waals surface area contributed by atoms with Crippen LogP contribution in [0.3, 0.4) is 0 Å². The predicted octanol–water partition coefficient (Wildman–Crippen LogP) is 3.69. The summed E-state index contributed by atoms with van der Waals surface area (Å²) in [6.45, 7) is 6.32. The standard InChI is InChI=1S/C16H22N2OS/c1-11(2)13-10-20-15(18-13)16(3,17)9-12-7-5-6-8-14(12)19-4/h5-8,10-11H,9,17H2,1-4H3. The Bertz CT molecular complexity index is 575. The molecular formula is C16H22N2OS. The highest BCUT2D eigenvalue weighted by Gasteiger charge is 2.27. The fraction of sp³-hybridized carbons (Fsp3) is 0.438. The molecule has 1 unspecified atom stereocenters. The zero-order chi connectivity index (χ0) is 14.8. The van der Waals surface area contributed by atoms with Crippen LogP contribution < -0.4 is 10.5 Å². The van der Waals surface area contributed by atoms with Gasteiger partial charge in [-0.15, -0.1) is 11.3 Å². The van der Waals surface area contributed by atoms with E-state index in [-0.39, 0.29) is 0 Å². The summed E-state index contributed by atoms with van der Waals surface area (Å²) in [6, 6.07) is 8.00. The van der Waals surface area contributed by atoms with Crippen LogP contribution in [0, 0.1) is 0 Å². The van der Waals surface area contributed by atoms with Crippen LogP contribution in [0.5, 0.6) is 5.75 Å². The van der Waals surface area contributed by atoms with E-state index in [1.807, 2.05) is 25.1 Å². The zero-order valence-electron chi connectivity index (χ0n) is 12.5. The Morgan fingerprint density at radius 1 is 1.35 bits per heavy atom. The molecule has 0 amide bonds. The van der Waals surface area contributed by atoms with Gasteiger partial charge in [-0.25, -0.2) is 4.98 Å². The molecule has 2 N–H and O–H groups in total. The monoisotopic (exact) mass is 290 g/mol. The van der Waals surface area contributed by atoms with Crippen molar-refractivity contribution >= 4 is 11.3 Å². The molecule has 1 atom stereocenters. The van der Waals surface area contributed by atoms with Gasteiger partial charge in [-0.05, 0) is 24.5 Å². The normalized spacial score (nSPS) is 14.3. The van der Waals surface area contributed by atoms with E-state index >= 15 is 0 Å². The van der Waals surface area contributed by atoms with E-state index in [4.69, 9.17) is 10.5 Å². The van der Waals surface area contributed by atoms with Crippen molar-refractivity contribution in [2.75, 3.05) is 7.11 Å². The van der Waals surface area contributed by atoms with Gasteiger partial charge in [-0.3, -0.25) is 0 Å². The Morgan fingerprint density at radius 2 is 2.05 bits per heavy atom. The van der Waals surface area contributed by atoms with Gasteiger partial charge in [0.15, 0.2) is 0 Å². The zero-order valence-corrected chi connectivity index (χ0v) is 13.3. The first-order chi connectivity index (χ1) is 9.44. The maximum Gasteiger partial charge on any atom is 0.122 e. The van der Waals surface area contributed by atoms with Crippen molar-refractivity contribution in [1.82, 2.24) is 4.98 Å². The van der Waals surface area contributed by atoms with Crippen LogP contribution >= 0.6 is 11.3 Å². The van der Waals surface area contributed by atoms with E-state index in [1.54, 1.807) is 18.4 Å². The molecule has 0 aliphatic carbocycles. The molecule has 1 aromatic carbocycles. The predicted molar refractivity (Wildman–Crippen MR) is 84.4 cm³/mol. The molecule has 2 rings (SSSR count). The van der Waals surface area contributed by atoms with Crippen LogP contribution in [0.15, 0.2) is 29.6 Å². The number of thiazole rings is 1. The smallest absolute Gasteiger partial charge is 0.122 e. The minimum absolute atomic E-state index is 0.432. The van der Waals surface area contributed by atoms with Crippen molar-refractivity contribution in [3.05, 3.63) is 45.9 Å². The van der Waals surface area contributed by atoms with E-state index in [0.717, 1.165) is 22.0 Å². The molecular weight excluding hydrogens is 268 g/mol. The van der Waals surface area contributed by atoms with E-state index in [9.17, 15) is 0 Å². The molecule has 0 saturated carbocycles. The number of aromatic nitrogens is 1. The van der Waals surface area contributed by atoms with E-state index < -0.39 is 5.54 Å². The van der Waals surface area contributed by atoms with Gasteiger partial charge in [0.2, 0.25) is 0 Å². The van der Waals surface area contributed by atoms with Gasteiger partial charge in [0.1, 0.15) is 10.8 Å². The van der Waals surface area contributed by atoms with Gasteiger partial charge in [-0.1, -0.05) is 32.0 Å². The maximum atomic E-state index is 6.50. The molecule has 1 aromatic heterocycles. The average molecular weight is 290 g/mol. The number of hydrogen-bond acceptors (Lipinski definition) is 4. The Kier molecular flexibility index (Phi) is 4.45. The molecule has 1 heterocycles. The number of nitrogens with zero attached hydrogens (tertiary/aromatic N) is 1. The minimum atomic E-state index is -0.480. The number of ether oxygens (including phenoxy) is 1. The van der Waals surface area contributed by atoms with Crippen LogP contribution in [-0.4, -0.2) is 12.1 Å². The number of para-hydroxylation sites is 1. The Labute approximate surface area is 124 Å². The molecule has 0 radical (unpaired) electrons. The molecule has 4 heteroatoms. The second kappa shape index (κ2) is 5.94. The lowest BCUT2D eigenvalue weighted by molar-refractivity contribution is 0.399. The Balaban J connectivity index is 2.25. The van der Waals surface area contributed by atoms with Gasteiger partial charge in [-0.2, -0.15) is 0 Å². The molecule has 0 spiro atoms. The lowest BCUT2D eigenvalue weighted by atomic mass is 9.94. The summed E-state index contributed by atoms with van der Waals surface area (Å²) < 4.78 is 5.40. The number of benzene rings is 1. The summed E-state index contributed by atoms with van der Waals surface area (Å²) >= 11 is 1.64. The summed E-state index contributed by atoms with van der Waals surface area (Å²) in [5, 5.41) is 3.08. The first kappa shape index (κ1) is 15.0. The van der Waals surface area contributed by atoms with Crippen molar-refractivity contribution in [2.24, 2.45) is 5.73 Å². The van der Waals surface area contributed by atoms with Crippen LogP contribution in [0.25, 0.3) is 0 Å². The van der Waals surface area contributed by atoms with Crippen molar-refractivity contribution < 1.29 is 4.74 Å². The molecule has 0 bridgehead atoms. The molecule has 3 nitrogen and oxygen atoms in total. The van der Waals surface area contributed by atoms with Gasteiger partial charge in [0.25, 0.3) is 0 Å². The quantitative estimate of drug-likeness (QED) is 0.913. The van der Waals surface area contributed by atoms with Crippen molar-refractivity contribution in [1.29, 1.82) is 0 Å². The fourth-order valence-electron chi connectivity index (χ4n) is 2.13. The lowest BCUT2D eigenvalue weighted by Gasteiger charge is -2.23. The molecule has 108 valence electrons. The molecule has 0 saturated heterocycles.